The maximum absolute atomic E-state index is 5.63. The summed E-state index contributed by atoms with van der Waals surface area (Å²) in [5, 5.41) is 14.4. The molecule has 3 aromatic heterocycles. The summed E-state index contributed by atoms with van der Waals surface area (Å²) in [4.78, 5) is 5.24. The van der Waals surface area contributed by atoms with Crippen LogP contribution < -0.4 is 0 Å². The number of aromatic nitrogens is 4. The van der Waals surface area contributed by atoms with Crippen molar-refractivity contribution >= 4 is 23.1 Å². The predicted molar refractivity (Wildman–Crippen MR) is 75.6 cm³/mol. The maximum atomic E-state index is 5.63. The third kappa shape index (κ3) is 2.75. The van der Waals surface area contributed by atoms with Crippen LogP contribution >= 0.6 is 23.1 Å². The standard InChI is InChI=1S/C12H12N4O2S2/c1-3-8-13-9(18-16-8)6-20-12-15-14-11(17-12)10-7(2)4-5-19-10/h4-5H,3,6H2,1-2H3. The van der Waals surface area contributed by atoms with E-state index in [2.05, 4.69) is 20.3 Å². The fourth-order valence-electron chi connectivity index (χ4n) is 1.57. The maximum Gasteiger partial charge on any atom is 0.277 e. The Morgan fingerprint density at radius 3 is 2.95 bits per heavy atom. The van der Waals surface area contributed by atoms with E-state index in [4.69, 9.17) is 8.94 Å². The number of hydrogen-bond donors (Lipinski definition) is 0. The number of thioether (sulfide) groups is 1. The highest BCUT2D eigenvalue weighted by atomic mass is 32.2. The highest BCUT2D eigenvalue weighted by molar-refractivity contribution is 7.98. The lowest BCUT2D eigenvalue weighted by molar-refractivity contribution is 0.384. The largest absolute Gasteiger partial charge is 0.410 e. The second kappa shape index (κ2) is 5.76. The summed E-state index contributed by atoms with van der Waals surface area (Å²) in [6.07, 6.45) is 0.760. The van der Waals surface area contributed by atoms with Gasteiger partial charge in [0, 0.05) is 6.42 Å². The molecule has 0 aliphatic heterocycles. The van der Waals surface area contributed by atoms with Crippen LogP contribution in [-0.2, 0) is 12.2 Å². The Kier molecular flexibility index (Phi) is 3.83. The molecule has 0 amide bonds. The van der Waals surface area contributed by atoms with Crippen molar-refractivity contribution in [3.8, 4) is 10.8 Å². The Hall–Kier alpha value is -1.67. The summed E-state index contributed by atoms with van der Waals surface area (Å²) in [5.41, 5.74) is 1.14. The van der Waals surface area contributed by atoms with E-state index in [1.165, 1.54) is 11.8 Å². The van der Waals surface area contributed by atoms with Gasteiger partial charge in [-0.15, -0.1) is 21.5 Å². The predicted octanol–water partition coefficient (Wildman–Crippen LogP) is 3.34. The van der Waals surface area contributed by atoms with Gasteiger partial charge in [0.25, 0.3) is 11.1 Å². The summed E-state index contributed by atoms with van der Waals surface area (Å²) in [5.74, 6) is 2.36. The van der Waals surface area contributed by atoms with Gasteiger partial charge in [-0.3, -0.25) is 0 Å². The molecule has 0 aromatic carbocycles. The summed E-state index contributed by atoms with van der Waals surface area (Å²) in [6, 6.07) is 2.03. The Balaban J connectivity index is 1.67. The molecule has 0 radical (unpaired) electrons. The molecule has 0 spiro atoms. The van der Waals surface area contributed by atoms with Crippen molar-refractivity contribution < 1.29 is 8.94 Å². The normalized spacial score (nSPS) is 11.1. The van der Waals surface area contributed by atoms with Gasteiger partial charge in [-0.1, -0.05) is 23.8 Å². The van der Waals surface area contributed by atoms with Gasteiger partial charge in [0.05, 0.1) is 10.6 Å². The molecule has 0 atom stereocenters. The first kappa shape index (κ1) is 13.3. The minimum Gasteiger partial charge on any atom is -0.410 e. The number of rotatable bonds is 5. The van der Waals surface area contributed by atoms with Gasteiger partial charge < -0.3 is 8.94 Å². The van der Waals surface area contributed by atoms with E-state index in [1.54, 1.807) is 11.3 Å². The van der Waals surface area contributed by atoms with E-state index >= 15 is 0 Å². The fraction of sp³-hybridized carbons (Fsp3) is 0.333. The highest BCUT2D eigenvalue weighted by Gasteiger charge is 2.14. The van der Waals surface area contributed by atoms with Crippen LogP contribution in [0.2, 0.25) is 0 Å². The lowest BCUT2D eigenvalue weighted by Crippen LogP contribution is -1.84. The second-order valence-corrected chi connectivity index (χ2v) is 5.90. The van der Waals surface area contributed by atoms with Crippen LogP contribution in [0, 0.1) is 6.92 Å². The summed E-state index contributed by atoms with van der Waals surface area (Å²) in [7, 11) is 0. The molecule has 20 heavy (non-hydrogen) atoms. The van der Waals surface area contributed by atoms with Crippen molar-refractivity contribution in [3.63, 3.8) is 0 Å². The molecule has 0 aliphatic rings. The van der Waals surface area contributed by atoms with Gasteiger partial charge in [-0.05, 0) is 23.9 Å². The van der Waals surface area contributed by atoms with E-state index in [-0.39, 0.29) is 0 Å². The lowest BCUT2D eigenvalue weighted by Gasteiger charge is -1.91. The molecule has 8 heteroatoms. The monoisotopic (exact) mass is 308 g/mol. The van der Waals surface area contributed by atoms with Crippen LogP contribution in [0.15, 0.2) is 25.6 Å². The summed E-state index contributed by atoms with van der Waals surface area (Å²) < 4.78 is 10.7. The number of thiophene rings is 1. The van der Waals surface area contributed by atoms with Crippen molar-refractivity contribution in [3.05, 3.63) is 28.7 Å². The smallest absolute Gasteiger partial charge is 0.277 e. The van der Waals surface area contributed by atoms with E-state index in [9.17, 15) is 0 Å². The third-order valence-corrected chi connectivity index (χ3v) is 4.42. The van der Waals surface area contributed by atoms with Gasteiger partial charge in [0.1, 0.15) is 0 Å². The zero-order valence-corrected chi connectivity index (χ0v) is 12.6. The third-order valence-electron chi connectivity index (χ3n) is 2.61. The topological polar surface area (TPSA) is 77.8 Å². The lowest BCUT2D eigenvalue weighted by atomic mass is 10.3. The van der Waals surface area contributed by atoms with Crippen LogP contribution in [0.4, 0.5) is 0 Å². The number of aryl methyl sites for hydroxylation is 2. The first-order chi connectivity index (χ1) is 9.76. The first-order valence-electron chi connectivity index (χ1n) is 6.08. The zero-order valence-electron chi connectivity index (χ0n) is 11.0. The molecule has 0 fully saturated rings. The zero-order chi connectivity index (χ0) is 13.9. The molecule has 0 saturated carbocycles. The minimum absolute atomic E-state index is 0.504. The molecule has 3 aromatic rings. The van der Waals surface area contributed by atoms with Gasteiger partial charge in [0.15, 0.2) is 5.82 Å². The molecule has 3 rings (SSSR count). The van der Waals surface area contributed by atoms with Crippen molar-refractivity contribution in [2.24, 2.45) is 0 Å². The second-order valence-electron chi connectivity index (χ2n) is 4.05. The quantitative estimate of drug-likeness (QED) is 0.669. The van der Waals surface area contributed by atoms with Gasteiger partial charge in [-0.2, -0.15) is 4.98 Å². The van der Waals surface area contributed by atoms with Crippen LogP contribution in [-0.4, -0.2) is 20.3 Å². The van der Waals surface area contributed by atoms with E-state index in [0.29, 0.717) is 28.6 Å². The number of nitrogens with zero attached hydrogens (tertiary/aromatic N) is 4. The average Bonchev–Trinajstić information content (AvgIpc) is 3.16. The molecule has 0 unspecified atom stereocenters. The highest BCUT2D eigenvalue weighted by Crippen LogP contribution is 2.30. The summed E-state index contributed by atoms with van der Waals surface area (Å²) in [6.45, 7) is 4.00. The van der Waals surface area contributed by atoms with Crippen LogP contribution in [0.5, 0.6) is 0 Å². The number of hydrogen-bond acceptors (Lipinski definition) is 8. The van der Waals surface area contributed by atoms with Gasteiger partial charge >= 0.3 is 0 Å². The molecule has 3 heterocycles. The Morgan fingerprint density at radius 2 is 2.25 bits per heavy atom. The van der Waals surface area contributed by atoms with Crippen molar-refractivity contribution in [1.82, 2.24) is 20.3 Å². The Bertz CT molecular complexity index is 704. The molecule has 0 saturated heterocycles. The van der Waals surface area contributed by atoms with E-state index in [0.717, 1.165) is 16.9 Å². The molecular formula is C12H12N4O2S2. The molecule has 0 aliphatic carbocycles. The fourth-order valence-corrected chi connectivity index (χ4v) is 3.01. The Morgan fingerprint density at radius 1 is 1.35 bits per heavy atom. The van der Waals surface area contributed by atoms with Crippen LogP contribution in [0.25, 0.3) is 10.8 Å². The van der Waals surface area contributed by atoms with Crippen molar-refractivity contribution in [2.45, 2.75) is 31.2 Å². The van der Waals surface area contributed by atoms with Crippen LogP contribution in [0.3, 0.4) is 0 Å². The SMILES string of the molecule is CCc1noc(CSc2nnc(-c3sccc3C)o2)n1. The van der Waals surface area contributed by atoms with Crippen LogP contribution in [0.1, 0.15) is 24.2 Å². The molecule has 0 N–H and O–H groups in total. The molecule has 0 bridgehead atoms. The average molecular weight is 308 g/mol. The van der Waals surface area contributed by atoms with Gasteiger partial charge in [-0.25, -0.2) is 0 Å². The van der Waals surface area contributed by atoms with Crippen molar-refractivity contribution in [2.75, 3.05) is 0 Å². The van der Waals surface area contributed by atoms with E-state index in [1.807, 2.05) is 25.3 Å². The Labute approximate surface area is 123 Å². The minimum atomic E-state index is 0.504. The first-order valence-corrected chi connectivity index (χ1v) is 7.95. The molecule has 104 valence electrons. The van der Waals surface area contributed by atoms with Crippen molar-refractivity contribution in [1.29, 1.82) is 0 Å². The molecule has 6 nitrogen and oxygen atoms in total. The molecular weight excluding hydrogens is 296 g/mol. The summed E-state index contributed by atoms with van der Waals surface area (Å²) >= 11 is 2.98. The van der Waals surface area contributed by atoms with E-state index < -0.39 is 0 Å². The van der Waals surface area contributed by atoms with Gasteiger partial charge in [0.2, 0.25) is 5.89 Å².